The fraction of sp³-hybridized carbons (Fsp3) is 0.405. The molecule has 3 aliphatic rings. The van der Waals surface area contributed by atoms with Crippen LogP contribution in [0, 0.1) is 5.92 Å². The fourth-order valence-electron chi connectivity index (χ4n) is 6.10. The number of benzene rings is 3. The van der Waals surface area contributed by atoms with Gasteiger partial charge in [0.05, 0.1) is 0 Å². The molecule has 0 spiro atoms. The first-order chi connectivity index (χ1) is 20.7. The van der Waals surface area contributed by atoms with Gasteiger partial charge in [0.15, 0.2) is 0 Å². The van der Waals surface area contributed by atoms with Crippen LogP contribution >= 0.6 is 36.2 Å². The van der Waals surface area contributed by atoms with Gasteiger partial charge in [0.1, 0.15) is 22.0 Å². The number of aliphatic hydroxyl groups is 1. The number of thiol groups is 1. The largest absolute Gasteiger partial charge is 0.489 e. The van der Waals surface area contributed by atoms with Gasteiger partial charge in [-0.25, -0.2) is 0 Å². The number of rotatable bonds is 6. The van der Waals surface area contributed by atoms with Crippen molar-refractivity contribution in [3.8, 4) is 0 Å². The maximum absolute atomic E-state index is 13.1. The molecule has 226 valence electrons. The second-order valence-corrected chi connectivity index (χ2v) is 12.8. The van der Waals surface area contributed by atoms with Crippen LogP contribution in [0.4, 0.5) is 0 Å². The molecular formula is C37H48O2S3. The van der Waals surface area contributed by atoms with E-state index in [-0.39, 0.29) is 15.9 Å². The lowest BCUT2D eigenvalue weighted by Gasteiger charge is -2.53. The summed E-state index contributed by atoms with van der Waals surface area (Å²) in [6.45, 7) is 8.57. The van der Waals surface area contributed by atoms with E-state index in [2.05, 4.69) is 97.6 Å². The molecule has 42 heavy (non-hydrogen) atoms. The molecule has 0 amide bonds. The highest BCUT2D eigenvalue weighted by molar-refractivity contribution is 8.18. The van der Waals surface area contributed by atoms with E-state index in [0.29, 0.717) is 6.61 Å². The Bertz CT molecular complexity index is 1250. The monoisotopic (exact) mass is 620 g/mol. The van der Waals surface area contributed by atoms with Crippen molar-refractivity contribution in [2.75, 3.05) is 17.8 Å². The van der Waals surface area contributed by atoms with E-state index in [9.17, 15) is 5.11 Å². The average molecular weight is 621 g/mol. The third kappa shape index (κ3) is 7.18. The minimum Gasteiger partial charge on any atom is -0.489 e. The highest BCUT2D eigenvalue weighted by Crippen LogP contribution is 2.66. The van der Waals surface area contributed by atoms with Crippen LogP contribution in [0.25, 0.3) is 0 Å². The van der Waals surface area contributed by atoms with E-state index in [4.69, 9.17) is 4.74 Å². The minimum absolute atomic E-state index is 0.0299. The van der Waals surface area contributed by atoms with E-state index in [0.717, 1.165) is 35.7 Å². The Balaban J connectivity index is 0.000000760. The first-order valence-electron chi connectivity index (χ1n) is 15.3. The molecule has 1 saturated heterocycles. The van der Waals surface area contributed by atoms with Gasteiger partial charge in [-0.1, -0.05) is 119 Å². The maximum atomic E-state index is 13.1. The summed E-state index contributed by atoms with van der Waals surface area (Å²) in [6.07, 6.45) is 11.3. The van der Waals surface area contributed by atoms with Gasteiger partial charge in [0, 0.05) is 11.8 Å². The lowest BCUT2D eigenvalue weighted by molar-refractivity contribution is -0.00511. The first kappa shape index (κ1) is 34.4. The summed E-state index contributed by atoms with van der Waals surface area (Å²) in [5.74, 6) is 3.31. The van der Waals surface area contributed by atoms with Gasteiger partial charge in [-0.15, -0.1) is 23.5 Å². The van der Waals surface area contributed by atoms with Gasteiger partial charge in [0.25, 0.3) is 0 Å². The quantitative estimate of drug-likeness (QED) is 0.268. The molecule has 0 radical (unpaired) electrons. The number of ether oxygens (including phenoxy) is 1. The molecule has 1 N–H and O–H groups in total. The van der Waals surface area contributed by atoms with Crippen LogP contribution in [0.5, 0.6) is 0 Å². The van der Waals surface area contributed by atoms with Crippen LogP contribution < -0.4 is 0 Å². The van der Waals surface area contributed by atoms with Crippen molar-refractivity contribution in [3.63, 3.8) is 0 Å². The highest BCUT2D eigenvalue weighted by Gasteiger charge is 2.63. The molecule has 0 aromatic heterocycles. The summed E-state index contributed by atoms with van der Waals surface area (Å²) >= 11 is 7.48. The highest BCUT2D eigenvalue weighted by atomic mass is 32.2. The lowest BCUT2D eigenvalue weighted by Crippen LogP contribution is -2.55. The van der Waals surface area contributed by atoms with Gasteiger partial charge in [-0.2, -0.15) is 12.6 Å². The summed E-state index contributed by atoms with van der Waals surface area (Å²) in [6, 6.07) is 29.6. The van der Waals surface area contributed by atoms with Gasteiger partial charge < -0.3 is 9.84 Å². The van der Waals surface area contributed by atoms with Crippen molar-refractivity contribution in [2.24, 2.45) is 5.92 Å². The van der Waals surface area contributed by atoms with Gasteiger partial charge >= 0.3 is 0 Å². The molecule has 5 heteroatoms. The van der Waals surface area contributed by atoms with Crippen molar-refractivity contribution in [2.45, 2.75) is 69.2 Å². The van der Waals surface area contributed by atoms with Crippen LogP contribution in [0.2, 0.25) is 0 Å². The average Bonchev–Trinajstić information content (AvgIpc) is 3.41. The van der Waals surface area contributed by atoms with Crippen molar-refractivity contribution in [1.29, 1.82) is 0 Å². The molecule has 6 rings (SSSR count). The molecule has 3 atom stereocenters. The van der Waals surface area contributed by atoms with Crippen molar-refractivity contribution >= 4 is 36.2 Å². The molecule has 1 aliphatic heterocycles. The van der Waals surface area contributed by atoms with Crippen molar-refractivity contribution in [1.82, 2.24) is 0 Å². The van der Waals surface area contributed by atoms with Gasteiger partial charge in [-0.3, -0.25) is 0 Å². The standard InChI is InChI=1S/C32H32O2S2.2C2H6.CH4S/c33-31(29-15-8-7-14-26(29)22-30(31)25-12-5-2-6-13-25)32(35-20-9-21-36-32)27-16-18-28(19-17-27)34-23-24-10-3-1-4-11-24;3*1-2/h1-8,10-16,18-19,27,30,33H,9,17,20-23H2;2*1-2H3;2H,1H3. The molecular weight excluding hydrogens is 573 g/mol. The predicted octanol–water partition coefficient (Wildman–Crippen LogP) is 10.1. The first-order valence-corrected chi connectivity index (χ1v) is 18.2. The van der Waals surface area contributed by atoms with Gasteiger partial charge in [0.2, 0.25) is 0 Å². The Kier molecular flexibility index (Phi) is 14.2. The summed E-state index contributed by atoms with van der Waals surface area (Å²) < 4.78 is 5.77. The smallest absolute Gasteiger partial charge is 0.121 e. The molecule has 1 fully saturated rings. The molecule has 1 heterocycles. The Hall–Kier alpha value is -2.05. The van der Waals surface area contributed by atoms with Crippen molar-refractivity contribution < 1.29 is 9.84 Å². The molecule has 2 aliphatic carbocycles. The molecule has 0 saturated carbocycles. The third-order valence-electron chi connectivity index (χ3n) is 7.81. The second kappa shape index (κ2) is 17.3. The van der Waals surface area contributed by atoms with Crippen LogP contribution in [0.15, 0.2) is 109 Å². The Labute approximate surface area is 268 Å². The second-order valence-electron chi connectivity index (χ2n) is 9.89. The SMILES string of the molecule is CC.CC.CS.OC1(C2(C3C=CC(OCc4ccccc4)=CC3)SCCCS2)c2ccccc2CC1c1ccccc1. The maximum Gasteiger partial charge on any atom is 0.121 e. The van der Waals surface area contributed by atoms with Crippen molar-refractivity contribution in [3.05, 3.63) is 131 Å². The van der Waals surface area contributed by atoms with E-state index in [1.54, 1.807) is 6.26 Å². The molecule has 2 nitrogen and oxygen atoms in total. The van der Waals surface area contributed by atoms with E-state index < -0.39 is 5.60 Å². The fourth-order valence-corrected chi connectivity index (χ4v) is 10.0. The summed E-state index contributed by atoms with van der Waals surface area (Å²) in [5.41, 5.74) is 3.83. The number of thioether (sulfide) groups is 2. The summed E-state index contributed by atoms with van der Waals surface area (Å²) in [5, 5.41) is 13.1. The van der Waals surface area contributed by atoms with Crippen LogP contribution in [-0.4, -0.2) is 26.9 Å². The Morgan fingerprint density at radius 2 is 1.43 bits per heavy atom. The molecule has 3 aromatic rings. The molecule has 3 unspecified atom stereocenters. The zero-order valence-corrected chi connectivity index (χ0v) is 28.4. The topological polar surface area (TPSA) is 29.5 Å². The van der Waals surface area contributed by atoms with E-state index in [1.165, 1.54) is 23.1 Å². The Morgan fingerprint density at radius 3 is 2.05 bits per heavy atom. The van der Waals surface area contributed by atoms with Gasteiger partial charge in [-0.05, 0) is 71.4 Å². The van der Waals surface area contributed by atoms with E-state index >= 15 is 0 Å². The zero-order valence-electron chi connectivity index (χ0n) is 25.8. The Morgan fingerprint density at radius 1 is 0.833 bits per heavy atom. The number of allylic oxidation sites excluding steroid dienone is 3. The summed E-state index contributed by atoms with van der Waals surface area (Å²) in [4.78, 5) is 0. The molecule has 0 bridgehead atoms. The van der Waals surface area contributed by atoms with Crippen LogP contribution in [-0.2, 0) is 23.4 Å². The van der Waals surface area contributed by atoms with Crippen LogP contribution in [0.3, 0.4) is 0 Å². The zero-order chi connectivity index (χ0) is 30.4. The normalized spacial score (nSPS) is 23.4. The van der Waals surface area contributed by atoms with E-state index in [1.807, 2.05) is 69.4 Å². The number of fused-ring (bicyclic) bond motifs is 1. The predicted molar refractivity (Wildman–Crippen MR) is 190 cm³/mol. The number of hydrogen-bond donors (Lipinski definition) is 2. The lowest BCUT2D eigenvalue weighted by atomic mass is 9.74. The molecule has 3 aromatic carbocycles. The third-order valence-corrected chi connectivity index (χ3v) is 11.6. The summed E-state index contributed by atoms with van der Waals surface area (Å²) in [7, 11) is 0. The number of hydrogen-bond acceptors (Lipinski definition) is 5. The van der Waals surface area contributed by atoms with Crippen LogP contribution in [0.1, 0.15) is 68.7 Å². The minimum atomic E-state index is -0.966.